The van der Waals surface area contributed by atoms with Crippen LogP contribution in [-0.2, 0) is 9.31 Å². The highest BCUT2D eigenvalue weighted by molar-refractivity contribution is 6.63. The van der Waals surface area contributed by atoms with Gasteiger partial charge in [-0.25, -0.2) is 4.68 Å². The van der Waals surface area contributed by atoms with Crippen LogP contribution in [0.25, 0.3) is 5.69 Å². The average molecular weight is 287 g/mol. The van der Waals surface area contributed by atoms with E-state index in [0.29, 0.717) is 5.46 Å². The summed E-state index contributed by atoms with van der Waals surface area (Å²) < 4.78 is 13.5. The van der Waals surface area contributed by atoms with E-state index in [4.69, 9.17) is 9.31 Å². The molecule has 3 rings (SSSR count). The Morgan fingerprint density at radius 1 is 1.14 bits per heavy atom. The molecule has 1 saturated heterocycles. The molecule has 7 heteroatoms. The zero-order valence-electron chi connectivity index (χ0n) is 12.6. The molecule has 110 valence electrons. The molecule has 0 saturated carbocycles. The Morgan fingerprint density at radius 2 is 1.81 bits per heavy atom. The summed E-state index contributed by atoms with van der Waals surface area (Å²) in [5.74, 6) is 0.113. The van der Waals surface area contributed by atoms with E-state index in [9.17, 15) is 5.11 Å². The first kappa shape index (κ1) is 14.1. The number of hydrogen-bond donors (Lipinski definition) is 1. The molecule has 2 aromatic rings. The Morgan fingerprint density at radius 3 is 2.33 bits per heavy atom. The number of nitrogens with zero attached hydrogens (tertiary/aromatic N) is 3. The van der Waals surface area contributed by atoms with Gasteiger partial charge in [-0.3, -0.25) is 0 Å². The second-order valence-electron chi connectivity index (χ2n) is 6.18. The van der Waals surface area contributed by atoms with E-state index >= 15 is 0 Å². The van der Waals surface area contributed by atoms with Gasteiger partial charge in [-0.2, -0.15) is 0 Å². The highest BCUT2D eigenvalue weighted by Crippen LogP contribution is 2.37. The summed E-state index contributed by atoms with van der Waals surface area (Å²) in [6.45, 7) is 7.92. The molecule has 0 spiro atoms. The smallest absolute Gasteiger partial charge is 0.498 e. The average Bonchev–Trinajstić information content (AvgIpc) is 2.96. The van der Waals surface area contributed by atoms with Crippen molar-refractivity contribution in [1.29, 1.82) is 0 Å². The minimum atomic E-state index is -0.584. The molecule has 0 radical (unpaired) electrons. The normalized spacial score (nSPS) is 19.9. The Bertz CT molecular complexity index is 639. The Kier molecular flexibility index (Phi) is 3.07. The van der Waals surface area contributed by atoms with E-state index in [2.05, 4.69) is 10.3 Å². The molecule has 6 nitrogen and oxygen atoms in total. The largest absolute Gasteiger partial charge is 0.508 e. The molecular formula is C14H18BN3O3. The summed E-state index contributed by atoms with van der Waals surface area (Å²) in [5, 5.41) is 17.9. The SMILES string of the molecule is CC1(C)OB(c2ccc(-n3ccnn3)cc2O)OC1(C)C. The van der Waals surface area contributed by atoms with Crippen molar-refractivity contribution in [3.63, 3.8) is 0 Å². The van der Waals surface area contributed by atoms with Gasteiger partial charge in [0.1, 0.15) is 5.75 Å². The van der Waals surface area contributed by atoms with Crippen LogP contribution in [-0.4, -0.2) is 38.4 Å². The lowest BCUT2D eigenvalue weighted by molar-refractivity contribution is 0.00578. The van der Waals surface area contributed by atoms with Crippen molar-refractivity contribution < 1.29 is 14.4 Å². The van der Waals surface area contributed by atoms with Crippen LogP contribution in [0.5, 0.6) is 5.75 Å². The third-order valence-corrected chi connectivity index (χ3v) is 4.21. The molecule has 1 aliphatic heterocycles. The van der Waals surface area contributed by atoms with Gasteiger partial charge in [0.25, 0.3) is 0 Å². The monoisotopic (exact) mass is 287 g/mol. The van der Waals surface area contributed by atoms with Crippen molar-refractivity contribution in [1.82, 2.24) is 15.0 Å². The highest BCUT2D eigenvalue weighted by atomic mass is 16.7. The van der Waals surface area contributed by atoms with Crippen molar-refractivity contribution in [3.8, 4) is 11.4 Å². The van der Waals surface area contributed by atoms with Gasteiger partial charge in [0, 0.05) is 11.5 Å². The first-order chi connectivity index (χ1) is 9.80. The van der Waals surface area contributed by atoms with Crippen LogP contribution >= 0.6 is 0 Å². The molecule has 21 heavy (non-hydrogen) atoms. The summed E-state index contributed by atoms with van der Waals surface area (Å²) in [4.78, 5) is 0. The molecule has 0 bridgehead atoms. The Labute approximate surface area is 123 Å². The van der Waals surface area contributed by atoms with E-state index in [1.807, 2.05) is 33.8 Å². The van der Waals surface area contributed by atoms with Crippen molar-refractivity contribution in [2.45, 2.75) is 38.9 Å². The van der Waals surface area contributed by atoms with Gasteiger partial charge in [-0.05, 0) is 33.8 Å². The second kappa shape index (κ2) is 4.57. The number of aromatic hydroxyl groups is 1. The minimum absolute atomic E-state index is 0.113. The molecule has 1 fully saturated rings. The number of hydrogen-bond acceptors (Lipinski definition) is 5. The maximum Gasteiger partial charge on any atom is 0.498 e. The fourth-order valence-corrected chi connectivity index (χ4v) is 2.19. The first-order valence-corrected chi connectivity index (χ1v) is 6.85. The molecule has 1 aliphatic rings. The van der Waals surface area contributed by atoms with Crippen LogP contribution in [0.4, 0.5) is 0 Å². The topological polar surface area (TPSA) is 69.4 Å². The van der Waals surface area contributed by atoms with E-state index < -0.39 is 18.3 Å². The molecule has 1 aromatic heterocycles. The van der Waals surface area contributed by atoms with E-state index in [1.54, 1.807) is 29.2 Å². The summed E-state index contributed by atoms with van der Waals surface area (Å²) in [6.07, 6.45) is 3.29. The highest BCUT2D eigenvalue weighted by Gasteiger charge is 2.52. The maximum absolute atomic E-state index is 10.3. The molecule has 1 aromatic carbocycles. The van der Waals surface area contributed by atoms with Gasteiger partial charge in [0.15, 0.2) is 0 Å². The zero-order valence-corrected chi connectivity index (χ0v) is 12.6. The van der Waals surface area contributed by atoms with Crippen LogP contribution in [0.2, 0.25) is 0 Å². The Hall–Kier alpha value is -1.86. The van der Waals surface area contributed by atoms with E-state index in [1.165, 1.54) is 0 Å². The summed E-state index contributed by atoms with van der Waals surface area (Å²) in [5.41, 5.74) is 0.464. The standard InChI is InChI=1S/C14H18BN3O3/c1-13(2)14(3,4)21-15(20-13)11-6-5-10(9-12(11)19)18-8-7-16-17-18/h5-9,19H,1-4H3. The lowest BCUT2D eigenvalue weighted by Gasteiger charge is -2.32. The lowest BCUT2D eigenvalue weighted by atomic mass is 9.78. The third kappa shape index (κ3) is 2.32. The molecule has 0 aliphatic carbocycles. The second-order valence-corrected chi connectivity index (χ2v) is 6.18. The van der Waals surface area contributed by atoms with Gasteiger partial charge >= 0.3 is 7.12 Å². The van der Waals surface area contributed by atoms with Crippen molar-refractivity contribution in [2.24, 2.45) is 0 Å². The number of rotatable bonds is 2. The number of phenolic OH excluding ortho intramolecular Hbond substituents is 1. The van der Waals surface area contributed by atoms with Crippen molar-refractivity contribution in [2.75, 3.05) is 0 Å². The van der Waals surface area contributed by atoms with Crippen LogP contribution in [0.3, 0.4) is 0 Å². The summed E-state index contributed by atoms with van der Waals surface area (Å²) >= 11 is 0. The van der Waals surface area contributed by atoms with Crippen LogP contribution in [0.1, 0.15) is 27.7 Å². The predicted octanol–water partition coefficient (Wildman–Crippen LogP) is 1.27. The fraction of sp³-hybridized carbons (Fsp3) is 0.429. The molecule has 0 unspecified atom stereocenters. The molecule has 0 amide bonds. The molecule has 2 heterocycles. The molecule has 1 N–H and O–H groups in total. The third-order valence-electron chi connectivity index (χ3n) is 4.21. The van der Waals surface area contributed by atoms with Gasteiger partial charge in [-0.15, -0.1) is 5.10 Å². The first-order valence-electron chi connectivity index (χ1n) is 6.85. The molecular weight excluding hydrogens is 269 g/mol. The van der Waals surface area contributed by atoms with Gasteiger partial charge < -0.3 is 14.4 Å². The molecule has 0 atom stereocenters. The number of aromatic nitrogens is 3. The number of phenols is 1. The predicted molar refractivity (Wildman–Crippen MR) is 78.7 cm³/mol. The quantitative estimate of drug-likeness (QED) is 0.842. The Balaban J connectivity index is 1.91. The lowest BCUT2D eigenvalue weighted by Crippen LogP contribution is -2.41. The van der Waals surface area contributed by atoms with Crippen LogP contribution < -0.4 is 5.46 Å². The van der Waals surface area contributed by atoms with Crippen molar-refractivity contribution in [3.05, 3.63) is 30.6 Å². The van der Waals surface area contributed by atoms with Crippen LogP contribution in [0.15, 0.2) is 30.6 Å². The summed E-state index contributed by atoms with van der Waals surface area (Å²) in [6, 6.07) is 5.25. The zero-order chi connectivity index (χ0) is 15.3. The van der Waals surface area contributed by atoms with Crippen LogP contribution in [0, 0.1) is 0 Å². The summed E-state index contributed by atoms with van der Waals surface area (Å²) in [7, 11) is -0.584. The van der Waals surface area contributed by atoms with Gasteiger partial charge in [-0.1, -0.05) is 11.3 Å². The van der Waals surface area contributed by atoms with Crippen molar-refractivity contribution >= 4 is 12.6 Å². The minimum Gasteiger partial charge on any atom is -0.508 e. The van der Waals surface area contributed by atoms with E-state index in [0.717, 1.165) is 5.69 Å². The fourth-order valence-electron chi connectivity index (χ4n) is 2.19. The maximum atomic E-state index is 10.3. The van der Waals surface area contributed by atoms with Gasteiger partial charge in [0.05, 0.1) is 29.3 Å². The van der Waals surface area contributed by atoms with E-state index in [-0.39, 0.29) is 5.75 Å². The van der Waals surface area contributed by atoms with Gasteiger partial charge in [0.2, 0.25) is 0 Å². The number of benzene rings is 1.